The van der Waals surface area contributed by atoms with Gasteiger partial charge in [0.1, 0.15) is 0 Å². The Bertz CT molecular complexity index is 599. The first-order valence-electron chi connectivity index (χ1n) is 7.19. The Morgan fingerprint density at radius 2 is 1.95 bits per heavy atom. The molecule has 0 aromatic heterocycles. The van der Waals surface area contributed by atoms with E-state index >= 15 is 0 Å². The van der Waals surface area contributed by atoms with Crippen molar-refractivity contribution in [2.24, 2.45) is 5.10 Å². The molecule has 1 aromatic rings. The second kappa shape index (κ2) is 6.52. The molecule has 0 bridgehead atoms. The molecule has 1 aliphatic heterocycles. The van der Waals surface area contributed by atoms with Gasteiger partial charge >= 0.3 is 0 Å². The normalized spacial score (nSPS) is 17.4. The third-order valence-corrected chi connectivity index (χ3v) is 3.76. The molecular formula is C16H23N3O2S. The number of methoxy groups -OCH3 is 2. The molecule has 1 aromatic carbocycles. The highest BCUT2D eigenvalue weighted by molar-refractivity contribution is 7.80. The van der Waals surface area contributed by atoms with Crippen molar-refractivity contribution in [3.05, 3.63) is 23.8 Å². The van der Waals surface area contributed by atoms with Gasteiger partial charge in [-0.25, -0.2) is 5.01 Å². The summed E-state index contributed by atoms with van der Waals surface area (Å²) in [6.07, 6.45) is 0.857. The summed E-state index contributed by atoms with van der Waals surface area (Å²) in [6.45, 7) is 6.86. The lowest BCUT2D eigenvalue weighted by molar-refractivity contribution is 0.353. The Kier molecular flexibility index (Phi) is 4.90. The lowest BCUT2D eigenvalue weighted by atomic mass is 9.98. The molecule has 2 rings (SSSR count). The summed E-state index contributed by atoms with van der Waals surface area (Å²) in [5.41, 5.74) is 2.02. The highest BCUT2D eigenvalue weighted by atomic mass is 32.1. The van der Waals surface area contributed by atoms with E-state index in [1.54, 1.807) is 14.2 Å². The summed E-state index contributed by atoms with van der Waals surface area (Å²) >= 11 is 5.48. The zero-order chi connectivity index (χ0) is 16.3. The van der Waals surface area contributed by atoms with E-state index in [4.69, 9.17) is 21.7 Å². The van der Waals surface area contributed by atoms with Crippen molar-refractivity contribution in [1.82, 2.24) is 10.3 Å². The maximum atomic E-state index is 5.48. The summed E-state index contributed by atoms with van der Waals surface area (Å²) in [5.74, 6) is 1.42. The van der Waals surface area contributed by atoms with Crippen molar-refractivity contribution in [2.45, 2.75) is 39.3 Å². The minimum atomic E-state index is -0.0863. The molecule has 120 valence electrons. The molecule has 0 spiro atoms. The van der Waals surface area contributed by atoms with Crippen molar-refractivity contribution >= 4 is 23.0 Å². The van der Waals surface area contributed by atoms with Crippen LogP contribution in [0.25, 0.3) is 0 Å². The predicted octanol–water partition coefficient (Wildman–Crippen LogP) is 2.94. The maximum absolute atomic E-state index is 5.48. The predicted molar refractivity (Wildman–Crippen MR) is 92.6 cm³/mol. The number of nitrogens with zero attached hydrogens (tertiary/aromatic N) is 2. The quantitative estimate of drug-likeness (QED) is 0.864. The molecule has 6 heteroatoms. The summed E-state index contributed by atoms with van der Waals surface area (Å²) in [7, 11) is 3.26. The fourth-order valence-electron chi connectivity index (χ4n) is 2.58. The number of benzene rings is 1. The van der Waals surface area contributed by atoms with Crippen LogP contribution in [0.2, 0.25) is 0 Å². The molecule has 1 aliphatic rings. The average Bonchev–Trinajstić information content (AvgIpc) is 2.53. The minimum Gasteiger partial charge on any atom is -0.493 e. The third-order valence-electron chi connectivity index (χ3n) is 3.45. The molecule has 0 unspecified atom stereocenters. The van der Waals surface area contributed by atoms with Gasteiger partial charge in [0.05, 0.1) is 20.8 Å². The summed E-state index contributed by atoms with van der Waals surface area (Å²) in [5, 5.41) is 10.4. The molecular weight excluding hydrogens is 298 g/mol. The van der Waals surface area contributed by atoms with E-state index in [0.717, 1.165) is 17.7 Å². The number of nitrogens with one attached hydrogen (secondary N) is 1. The van der Waals surface area contributed by atoms with Gasteiger partial charge in [0, 0.05) is 17.7 Å². The van der Waals surface area contributed by atoms with Crippen molar-refractivity contribution in [3.8, 4) is 11.5 Å². The summed E-state index contributed by atoms with van der Waals surface area (Å²) in [6, 6.07) is 5.83. The van der Waals surface area contributed by atoms with Crippen LogP contribution in [0.4, 0.5) is 0 Å². The van der Waals surface area contributed by atoms with Crippen LogP contribution in [0.5, 0.6) is 11.5 Å². The van der Waals surface area contributed by atoms with Crippen molar-refractivity contribution < 1.29 is 9.47 Å². The molecule has 0 aliphatic carbocycles. The zero-order valence-corrected chi connectivity index (χ0v) is 14.6. The highest BCUT2D eigenvalue weighted by Gasteiger charge is 2.26. The Hall–Kier alpha value is -1.82. The van der Waals surface area contributed by atoms with E-state index < -0.39 is 0 Å². The molecule has 0 saturated carbocycles. The minimum absolute atomic E-state index is 0.0863. The topological polar surface area (TPSA) is 46.1 Å². The van der Waals surface area contributed by atoms with E-state index in [1.165, 1.54) is 0 Å². The van der Waals surface area contributed by atoms with Gasteiger partial charge in [-0.2, -0.15) is 5.10 Å². The van der Waals surface area contributed by atoms with Crippen LogP contribution in [0.3, 0.4) is 0 Å². The molecule has 1 heterocycles. The van der Waals surface area contributed by atoms with Crippen molar-refractivity contribution in [1.29, 1.82) is 0 Å². The third kappa shape index (κ3) is 3.88. The van der Waals surface area contributed by atoms with Gasteiger partial charge in [0.15, 0.2) is 16.6 Å². The van der Waals surface area contributed by atoms with Crippen LogP contribution in [-0.2, 0) is 6.54 Å². The van der Waals surface area contributed by atoms with Crippen molar-refractivity contribution in [2.75, 3.05) is 14.2 Å². The smallest absolute Gasteiger partial charge is 0.190 e. The first kappa shape index (κ1) is 16.5. The van der Waals surface area contributed by atoms with Gasteiger partial charge in [-0.15, -0.1) is 0 Å². The monoisotopic (exact) mass is 321 g/mol. The van der Waals surface area contributed by atoms with Gasteiger partial charge < -0.3 is 14.8 Å². The molecule has 0 fully saturated rings. The Balaban J connectivity index is 2.22. The van der Waals surface area contributed by atoms with Gasteiger partial charge in [-0.1, -0.05) is 6.07 Å². The van der Waals surface area contributed by atoms with Crippen LogP contribution in [0.1, 0.15) is 32.8 Å². The van der Waals surface area contributed by atoms with Crippen molar-refractivity contribution in [3.63, 3.8) is 0 Å². The molecule has 22 heavy (non-hydrogen) atoms. The second-order valence-corrected chi connectivity index (χ2v) is 6.46. The maximum Gasteiger partial charge on any atom is 0.190 e. The number of hydrogen-bond donors (Lipinski definition) is 1. The number of rotatable bonds is 4. The van der Waals surface area contributed by atoms with Crippen LogP contribution in [-0.4, -0.2) is 35.6 Å². The molecule has 0 amide bonds. The number of ether oxygens (including phenoxy) is 2. The SMILES string of the molecule is COc1ccc(CN2N=C(C)CC(C)(C)NC2=S)cc1OC. The Morgan fingerprint density at radius 1 is 1.27 bits per heavy atom. The molecule has 0 atom stereocenters. The fourth-order valence-corrected chi connectivity index (χ4v) is 2.97. The van der Waals surface area contributed by atoms with E-state index in [-0.39, 0.29) is 5.54 Å². The zero-order valence-electron chi connectivity index (χ0n) is 13.8. The molecule has 1 N–H and O–H groups in total. The van der Waals surface area contributed by atoms with Crippen LogP contribution in [0, 0.1) is 0 Å². The van der Waals surface area contributed by atoms with E-state index in [9.17, 15) is 0 Å². The average molecular weight is 321 g/mol. The Labute approximate surface area is 137 Å². The van der Waals surface area contributed by atoms with Crippen LogP contribution >= 0.6 is 12.2 Å². The highest BCUT2D eigenvalue weighted by Crippen LogP contribution is 2.28. The summed E-state index contributed by atoms with van der Waals surface area (Å²) in [4.78, 5) is 0. The standard InChI is InChI=1S/C16H23N3O2S/c1-11-9-16(2,3)17-15(22)19(18-11)10-12-6-7-13(20-4)14(8-12)21-5/h6-8H,9-10H2,1-5H3,(H,17,22). The second-order valence-electron chi connectivity index (χ2n) is 6.07. The van der Waals surface area contributed by atoms with Crippen LogP contribution in [0.15, 0.2) is 23.3 Å². The van der Waals surface area contributed by atoms with Gasteiger partial charge in [0.2, 0.25) is 0 Å². The number of hydrazone groups is 1. The first-order valence-corrected chi connectivity index (χ1v) is 7.60. The van der Waals surface area contributed by atoms with Crippen LogP contribution < -0.4 is 14.8 Å². The molecule has 0 saturated heterocycles. The summed E-state index contributed by atoms with van der Waals surface area (Å²) < 4.78 is 10.6. The van der Waals surface area contributed by atoms with E-state index in [2.05, 4.69) is 24.3 Å². The molecule has 0 radical (unpaired) electrons. The lowest BCUT2D eigenvalue weighted by Gasteiger charge is -2.27. The van der Waals surface area contributed by atoms with E-state index in [1.807, 2.05) is 30.1 Å². The fraction of sp³-hybridized carbons (Fsp3) is 0.500. The lowest BCUT2D eigenvalue weighted by Crippen LogP contribution is -2.46. The number of hydrogen-bond acceptors (Lipinski definition) is 4. The Morgan fingerprint density at radius 3 is 2.59 bits per heavy atom. The van der Waals surface area contributed by atoms with Gasteiger partial charge in [-0.05, 0) is 50.7 Å². The van der Waals surface area contributed by atoms with E-state index in [0.29, 0.717) is 23.2 Å². The van der Waals surface area contributed by atoms with Gasteiger partial charge in [-0.3, -0.25) is 0 Å². The molecule has 5 nitrogen and oxygen atoms in total. The first-order chi connectivity index (χ1) is 10.3. The van der Waals surface area contributed by atoms with Gasteiger partial charge in [0.25, 0.3) is 0 Å². The largest absolute Gasteiger partial charge is 0.493 e. The number of thiocarbonyl (C=S) groups is 1.